The first kappa shape index (κ1) is 15.4. The number of nitrogens with one attached hydrogen (secondary N) is 1. The Bertz CT molecular complexity index is 278. The second-order valence-corrected chi connectivity index (χ2v) is 5.62. The minimum atomic E-state index is -0.403. The quantitative estimate of drug-likeness (QED) is 0.773. The largest absolute Gasteiger partial charge is 0.303 e. The van der Waals surface area contributed by atoms with Crippen molar-refractivity contribution < 1.29 is 0 Å². The van der Waals surface area contributed by atoms with Crippen molar-refractivity contribution in [1.82, 2.24) is 15.1 Å². The van der Waals surface area contributed by atoms with E-state index in [4.69, 9.17) is 0 Å². The summed E-state index contributed by atoms with van der Waals surface area (Å²) < 4.78 is 0. The van der Waals surface area contributed by atoms with Gasteiger partial charge in [0.05, 0.1) is 6.07 Å². The van der Waals surface area contributed by atoms with Crippen LogP contribution in [0.2, 0.25) is 0 Å². The van der Waals surface area contributed by atoms with Crippen molar-refractivity contribution in [3.63, 3.8) is 0 Å². The second-order valence-electron chi connectivity index (χ2n) is 5.62. The molecule has 4 nitrogen and oxygen atoms in total. The molecular formula is C14H28N4. The van der Waals surface area contributed by atoms with Gasteiger partial charge in [-0.2, -0.15) is 5.26 Å². The van der Waals surface area contributed by atoms with Gasteiger partial charge >= 0.3 is 0 Å². The van der Waals surface area contributed by atoms with Gasteiger partial charge in [0.25, 0.3) is 0 Å². The molecule has 0 aliphatic carbocycles. The summed E-state index contributed by atoms with van der Waals surface area (Å²) >= 11 is 0. The van der Waals surface area contributed by atoms with E-state index in [2.05, 4.69) is 35.0 Å². The van der Waals surface area contributed by atoms with E-state index in [-0.39, 0.29) is 0 Å². The highest BCUT2D eigenvalue weighted by atomic mass is 15.3. The molecule has 1 N–H and O–H groups in total. The van der Waals surface area contributed by atoms with E-state index >= 15 is 0 Å². The number of piperazine rings is 1. The Kier molecular flexibility index (Phi) is 6.07. The third-order valence-electron chi connectivity index (χ3n) is 4.07. The SMILES string of the molecule is CCCN1CCN(C(C)CC(C)(C#N)NC)CC1. The van der Waals surface area contributed by atoms with E-state index in [9.17, 15) is 5.26 Å². The standard InChI is InChI=1S/C14H28N4/c1-5-6-17-7-9-18(10-8-17)13(2)11-14(3,12-15)16-4/h13,16H,5-11H2,1-4H3. The Morgan fingerprint density at radius 2 is 1.94 bits per heavy atom. The van der Waals surface area contributed by atoms with E-state index in [1.807, 2.05) is 14.0 Å². The first-order valence-corrected chi connectivity index (χ1v) is 7.11. The van der Waals surface area contributed by atoms with Gasteiger partial charge in [-0.1, -0.05) is 6.92 Å². The lowest BCUT2D eigenvalue weighted by atomic mass is 9.94. The number of nitriles is 1. The first-order chi connectivity index (χ1) is 8.54. The Hall–Kier alpha value is -0.630. The highest BCUT2D eigenvalue weighted by Crippen LogP contribution is 2.17. The number of hydrogen-bond donors (Lipinski definition) is 1. The molecule has 4 heteroatoms. The summed E-state index contributed by atoms with van der Waals surface area (Å²) in [7, 11) is 1.87. The van der Waals surface area contributed by atoms with E-state index < -0.39 is 5.54 Å². The Labute approximate surface area is 112 Å². The molecule has 18 heavy (non-hydrogen) atoms. The van der Waals surface area contributed by atoms with E-state index in [0.29, 0.717) is 6.04 Å². The molecule has 0 aromatic carbocycles. The lowest BCUT2D eigenvalue weighted by molar-refractivity contribution is 0.0913. The molecule has 0 radical (unpaired) electrons. The number of rotatable bonds is 6. The van der Waals surface area contributed by atoms with Gasteiger partial charge < -0.3 is 10.2 Å². The summed E-state index contributed by atoms with van der Waals surface area (Å²) in [5, 5.41) is 12.3. The minimum Gasteiger partial charge on any atom is -0.303 e. The topological polar surface area (TPSA) is 42.3 Å². The fourth-order valence-corrected chi connectivity index (χ4v) is 2.67. The van der Waals surface area contributed by atoms with Gasteiger partial charge in [0, 0.05) is 32.2 Å². The lowest BCUT2D eigenvalue weighted by Gasteiger charge is -2.39. The summed E-state index contributed by atoms with van der Waals surface area (Å²) in [4.78, 5) is 5.05. The van der Waals surface area contributed by atoms with Crippen LogP contribution in [0.25, 0.3) is 0 Å². The summed E-state index contributed by atoms with van der Waals surface area (Å²) in [6.45, 7) is 12.3. The van der Waals surface area contributed by atoms with Crippen molar-refractivity contribution in [3.8, 4) is 6.07 Å². The molecule has 0 amide bonds. The van der Waals surface area contributed by atoms with Crippen molar-refractivity contribution in [2.45, 2.75) is 45.2 Å². The smallest absolute Gasteiger partial charge is 0.105 e. The number of nitrogens with zero attached hydrogens (tertiary/aromatic N) is 3. The molecule has 1 heterocycles. The normalized spacial score (nSPS) is 23.3. The predicted octanol–water partition coefficient (Wildman–Crippen LogP) is 1.29. The van der Waals surface area contributed by atoms with Crippen LogP contribution in [0.15, 0.2) is 0 Å². The highest BCUT2D eigenvalue weighted by Gasteiger charge is 2.28. The highest BCUT2D eigenvalue weighted by molar-refractivity contribution is 5.04. The predicted molar refractivity (Wildman–Crippen MR) is 75.5 cm³/mol. The summed E-state index contributed by atoms with van der Waals surface area (Å²) in [6, 6.07) is 2.84. The molecular weight excluding hydrogens is 224 g/mol. The molecule has 1 aliphatic heterocycles. The lowest BCUT2D eigenvalue weighted by Crippen LogP contribution is -2.52. The van der Waals surface area contributed by atoms with Crippen LogP contribution in [-0.4, -0.2) is 61.2 Å². The van der Waals surface area contributed by atoms with Crippen molar-refractivity contribution in [3.05, 3.63) is 0 Å². The molecule has 0 aromatic heterocycles. The summed E-state index contributed by atoms with van der Waals surface area (Å²) in [5.74, 6) is 0. The van der Waals surface area contributed by atoms with Crippen LogP contribution in [-0.2, 0) is 0 Å². The van der Waals surface area contributed by atoms with Crippen LogP contribution in [0.5, 0.6) is 0 Å². The minimum absolute atomic E-state index is 0.403. The maximum atomic E-state index is 9.21. The molecule has 1 saturated heterocycles. The van der Waals surface area contributed by atoms with Crippen LogP contribution in [0.3, 0.4) is 0 Å². The van der Waals surface area contributed by atoms with Gasteiger partial charge in [0.15, 0.2) is 0 Å². The summed E-state index contributed by atoms with van der Waals surface area (Å²) in [6.07, 6.45) is 2.12. The van der Waals surface area contributed by atoms with Gasteiger partial charge in [0.2, 0.25) is 0 Å². The molecule has 0 spiro atoms. The van der Waals surface area contributed by atoms with Crippen LogP contribution >= 0.6 is 0 Å². The molecule has 0 aromatic rings. The van der Waals surface area contributed by atoms with Crippen LogP contribution in [0.1, 0.15) is 33.6 Å². The van der Waals surface area contributed by atoms with E-state index in [0.717, 1.165) is 19.5 Å². The summed E-state index contributed by atoms with van der Waals surface area (Å²) in [5.41, 5.74) is -0.403. The van der Waals surface area contributed by atoms with Crippen molar-refractivity contribution in [2.75, 3.05) is 39.8 Å². The Morgan fingerprint density at radius 1 is 1.33 bits per heavy atom. The van der Waals surface area contributed by atoms with Crippen molar-refractivity contribution in [2.24, 2.45) is 0 Å². The first-order valence-electron chi connectivity index (χ1n) is 7.11. The van der Waals surface area contributed by atoms with Gasteiger partial charge in [-0.25, -0.2) is 0 Å². The van der Waals surface area contributed by atoms with E-state index in [1.54, 1.807) is 0 Å². The zero-order valence-electron chi connectivity index (χ0n) is 12.4. The molecule has 2 atom stereocenters. The zero-order chi connectivity index (χ0) is 13.6. The maximum Gasteiger partial charge on any atom is 0.105 e. The van der Waals surface area contributed by atoms with Crippen LogP contribution < -0.4 is 5.32 Å². The molecule has 2 unspecified atom stereocenters. The fraction of sp³-hybridized carbons (Fsp3) is 0.929. The molecule has 0 saturated carbocycles. The van der Waals surface area contributed by atoms with Gasteiger partial charge in [-0.3, -0.25) is 4.90 Å². The number of hydrogen-bond acceptors (Lipinski definition) is 4. The van der Waals surface area contributed by atoms with Gasteiger partial charge in [-0.05, 0) is 40.3 Å². The third kappa shape index (κ3) is 4.24. The molecule has 1 fully saturated rings. The molecule has 1 rings (SSSR count). The monoisotopic (exact) mass is 252 g/mol. The third-order valence-corrected chi connectivity index (χ3v) is 4.07. The van der Waals surface area contributed by atoms with Crippen molar-refractivity contribution >= 4 is 0 Å². The Balaban J connectivity index is 2.41. The maximum absolute atomic E-state index is 9.21. The average molecular weight is 252 g/mol. The average Bonchev–Trinajstić information content (AvgIpc) is 2.39. The Morgan fingerprint density at radius 3 is 2.39 bits per heavy atom. The molecule has 1 aliphatic rings. The molecule has 0 bridgehead atoms. The fourth-order valence-electron chi connectivity index (χ4n) is 2.67. The van der Waals surface area contributed by atoms with Crippen molar-refractivity contribution in [1.29, 1.82) is 5.26 Å². The van der Waals surface area contributed by atoms with Crippen LogP contribution in [0, 0.1) is 11.3 Å². The second kappa shape index (κ2) is 7.08. The van der Waals surface area contributed by atoms with Gasteiger partial charge in [-0.15, -0.1) is 0 Å². The zero-order valence-corrected chi connectivity index (χ0v) is 12.4. The molecule has 104 valence electrons. The van der Waals surface area contributed by atoms with Gasteiger partial charge in [0.1, 0.15) is 5.54 Å². The van der Waals surface area contributed by atoms with E-state index in [1.165, 1.54) is 26.1 Å². The van der Waals surface area contributed by atoms with Crippen LogP contribution in [0.4, 0.5) is 0 Å².